The zero-order valence-electron chi connectivity index (χ0n) is 33.6. The molecule has 0 radical (unpaired) electrons. The van der Waals surface area contributed by atoms with Crippen molar-refractivity contribution in [2.45, 2.75) is 219 Å². The summed E-state index contributed by atoms with van der Waals surface area (Å²) < 4.78 is 16.6. The topological polar surface area (TPSA) is 78.9 Å². The molecule has 0 aliphatic heterocycles. The molecule has 0 rings (SSSR count). The highest BCUT2D eigenvalue weighted by Gasteiger charge is 2.19. The number of carbonyl (C=O) groups excluding carboxylic acids is 3. The molecule has 6 nitrogen and oxygen atoms in total. The van der Waals surface area contributed by atoms with E-state index in [0.29, 0.717) is 19.3 Å². The van der Waals surface area contributed by atoms with Crippen molar-refractivity contribution in [3.63, 3.8) is 0 Å². The summed E-state index contributed by atoms with van der Waals surface area (Å²) in [5, 5.41) is 0. The molecule has 1 atom stereocenters. The summed E-state index contributed by atoms with van der Waals surface area (Å²) in [5.41, 5.74) is 0. The molecular formula is C45H80O6. The Bertz CT molecular complexity index is 876. The van der Waals surface area contributed by atoms with E-state index < -0.39 is 6.10 Å². The molecule has 6 heteroatoms. The highest BCUT2D eigenvalue weighted by atomic mass is 16.6. The van der Waals surface area contributed by atoms with Crippen molar-refractivity contribution in [3.05, 3.63) is 36.5 Å². The molecule has 0 aromatic carbocycles. The van der Waals surface area contributed by atoms with Gasteiger partial charge in [-0.05, 0) is 57.8 Å². The van der Waals surface area contributed by atoms with Gasteiger partial charge in [0.2, 0.25) is 0 Å². The largest absolute Gasteiger partial charge is 0.462 e. The fourth-order valence-electron chi connectivity index (χ4n) is 5.86. The van der Waals surface area contributed by atoms with Crippen LogP contribution >= 0.6 is 0 Å². The predicted octanol–water partition coefficient (Wildman–Crippen LogP) is 13.4. The summed E-state index contributed by atoms with van der Waals surface area (Å²) in [4.78, 5) is 37.5. The molecule has 51 heavy (non-hydrogen) atoms. The van der Waals surface area contributed by atoms with Crippen LogP contribution in [0.25, 0.3) is 0 Å². The summed E-state index contributed by atoms with van der Waals surface area (Å²) in [5.74, 6) is -0.928. The highest BCUT2D eigenvalue weighted by Crippen LogP contribution is 2.13. The zero-order valence-corrected chi connectivity index (χ0v) is 33.6. The minimum Gasteiger partial charge on any atom is -0.462 e. The van der Waals surface area contributed by atoms with E-state index >= 15 is 0 Å². The first-order valence-corrected chi connectivity index (χ1v) is 21.5. The first-order valence-electron chi connectivity index (χ1n) is 21.5. The van der Waals surface area contributed by atoms with Gasteiger partial charge in [-0.25, -0.2) is 0 Å². The van der Waals surface area contributed by atoms with Crippen molar-refractivity contribution >= 4 is 17.9 Å². The maximum atomic E-state index is 12.6. The van der Waals surface area contributed by atoms with Crippen LogP contribution < -0.4 is 0 Å². The lowest BCUT2D eigenvalue weighted by Crippen LogP contribution is -2.30. The summed E-state index contributed by atoms with van der Waals surface area (Å²) >= 11 is 0. The fraction of sp³-hybridized carbons (Fsp3) is 0.800. The van der Waals surface area contributed by atoms with Crippen molar-refractivity contribution < 1.29 is 28.6 Å². The van der Waals surface area contributed by atoms with Crippen LogP contribution in [0.15, 0.2) is 36.5 Å². The molecule has 0 spiro atoms. The molecule has 0 heterocycles. The number of esters is 3. The Labute approximate surface area is 315 Å². The molecule has 0 aliphatic carbocycles. The molecule has 0 N–H and O–H groups in total. The molecule has 0 aromatic heterocycles. The summed E-state index contributed by atoms with van der Waals surface area (Å²) in [6, 6.07) is 0. The van der Waals surface area contributed by atoms with Gasteiger partial charge in [0.25, 0.3) is 0 Å². The lowest BCUT2D eigenvalue weighted by Gasteiger charge is -2.18. The number of ether oxygens (including phenoxy) is 3. The second-order valence-electron chi connectivity index (χ2n) is 14.3. The number of unbranched alkanes of at least 4 members (excludes halogenated alkanes) is 21. The number of rotatable bonds is 38. The van der Waals surface area contributed by atoms with Gasteiger partial charge in [-0.2, -0.15) is 0 Å². The van der Waals surface area contributed by atoms with Crippen molar-refractivity contribution in [2.24, 2.45) is 0 Å². The smallest absolute Gasteiger partial charge is 0.306 e. The molecule has 0 amide bonds. The van der Waals surface area contributed by atoms with Gasteiger partial charge in [0.05, 0.1) is 0 Å². The second kappa shape index (κ2) is 40.4. The van der Waals surface area contributed by atoms with Crippen molar-refractivity contribution in [2.75, 3.05) is 13.2 Å². The molecule has 296 valence electrons. The Balaban J connectivity index is 4.39. The van der Waals surface area contributed by atoms with Crippen molar-refractivity contribution in [3.8, 4) is 0 Å². The van der Waals surface area contributed by atoms with Crippen molar-refractivity contribution in [1.82, 2.24) is 0 Å². The van der Waals surface area contributed by atoms with Crippen LogP contribution in [0.5, 0.6) is 0 Å². The molecule has 0 saturated heterocycles. The van der Waals surface area contributed by atoms with E-state index in [2.05, 4.69) is 57.2 Å². The van der Waals surface area contributed by atoms with Crippen LogP contribution in [0, 0.1) is 0 Å². The van der Waals surface area contributed by atoms with Crippen LogP contribution in [0.1, 0.15) is 213 Å². The van der Waals surface area contributed by atoms with Crippen molar-refractivity contribution in [1.29, 1.82) is 0 Å². The third-order valence-electron chi connectivity index (χ3n) is 9.15. The molecule has 0 saturated carbocycles. The Hall–Kier alpha value is -2.37. The van der Waals surface area contributed by atoms with Crippen LogP contribution in [0.3, 0.4) is 0 Å². The standard InChI is InChI=1S/C45H80O6/c1-4-7-10-13-16-19-20-21-22-23-24-27-29-32-35-38-44(47)50-41-42(51-45(48)39-36-33-30-26-18-15-12-9-6-3)40-49-43(46)37-34-31-28-25-17-14-11-8-5-2/h16,19,21-22,24,27,42H,4-15,17-18,20,23,25-26,28-41H2,1-3H3/b19-16-,22-21-,27-24-/t42-/m1/s1. The average molecular weight is 717 g/mol. The molecular weight excluding hydrogens is 636 g/mol. The molecule has 0 aromatic rings. The summed E-state index contributed by atoms with van der Waals surface area (Å²) in [6.07, 6.45) is 44.2. The van der Waals surface area contributed by atoms with Crippen LogP contribution in [0.4, 0.5) is 0 Å². The number of hydrogen-bond donors (Lipinski definition) is 0. The Morgan fingerprint density at radius 1 is 0.392 bits per heavy atom. The minimum atomic E-state index is -0.778. The van der Waals surface area contributed by atoms with E-state index in [0.717, 1.165) is 70.6 Å². The average Bonchev–Trinajstić information content (AvgIpc) is 3.12. The van der Waals surface area contributed by atoms with Gasteiger partial charge in [0, 0.05) is 19.3 Å². The fourth-order valence-corrected chi connectivity index (χ4v) is 5.86. The Morgan fingerprint density at radius 3 is 1.14 bits per heavy atom. The van der Waals surface area contributed by atoms with E-state index in [9.17, 15) is 14.4 Å². The number of hydrogen-bond acceptors (Lipinski definition) is 6. The van der Waals surface area contributed by atoms with E-state index in [4.69, 9.17) is 14.2 Å². The third-order valence-corrected chi connectivity index (χ3v) is 9.15. The monoisotopic (exact) mass is 717 g/mol. The maximum Gasteiger partial charge on any atom is 0.306 e. The first-order chi connectivity index (χ1) is 25.0. The highest BCUT2D eigenvalue weighted by molar-refractivity contribution is 5.71. The molecule has 0 unspecified atom stereocenters. The molecule has 0 aliphatic rings. The Morgan fingerprint density at radius 2 is 0.706 bits per heavy atom. The quantitative estimate of drug-likeness (QED) is 0.0274. The van der Waals surface area contributed by atoms with Gasteiger partial charge >= 0.3 is 17.9 Å². The third kappa shape index (κ3) is 38.7. The SMILES string of the molecule is CCCCC/C=C\C/C=C\C/C=C\CCCCC(=O)OC[C@@H](COC(=O)CCCCCCCCCCC)OC(=O)CCCCCCCCCCC. The van der Waals surface area contributed by atoms with Gasteiger partial charge < -0.3 is 14.2 Å². The van der Waals surface area contributed by atoms with E-state index in [1.54, 1.807) is 0 Å². The second-order valence-corrected chi connectivity index (χ2v) is 14.3. The van der Waals surface area contributed by atoms with Crippen LogP contribution in [-0.4, -0.2) is 37.2 Å². The maximum absolute atomic E-state index is 12.6. The lowest BCUT2D eigenvalue weighted by atomic mass is 10.1. The van der Waals surface area contributed by atoms with Crippen LogP contribution in [0.2, 0.25) is 0 Å². The summed E-state index contributed by atoms with van der Waals surface area (Å²) in [6.45, 7) is 6.52. The Kier molecular flexibility index (Phi) is 38.5. The first kappa shape index (κ1) is 48.6. The van der Waals surface area contributed by atoms with E-state index in [1.807, 2.05) is 0 Å². The van der Waals surface area contributed by atoms with E-state index in [-0.39, 0.29) is 31.1 Å². The van der Waals surface area contributed by atoms with E-state index in [1.165, 1.54) is 103 Å². The van der Waals surface area contributed by atoms with Gasteiger partial charge in [-0.3, -0.25) is 14.4 Å². The molecule has 0 bridgehead atoms. The van der Waals surface area contributed by atoms with Gasteiger partial charge in [0.1, 0.15) is 13.2 Å². The lowest BCUT2D eigenvalue weighted by molar-refractivity contribution is -0.167. The minimum absolute atomic E-state index is 0.0818. The number of carbonyl (C=O) groups is 3. The number of allylic oxidation sites excluding steroid dienone is 6. The predicted molar refractivity (Wildman–Crippen MR) is 215 cm³/mol. The molecule has 0 fully saturated rings. The van der Waals surface area contributed by atoms with Gasteiger partial charge in [0.15, 0.2) is 6.10 Å². The van der Waals surface area contributed by atoms with Gasteiger partial charge in [-0.1, -0.05) is 173 Å². The normalized spacial score (nSPS) is 12.3. The van der Waals surface area contributed by atoms with Crippen LogP contribution in [-0.2, 0) is 28.6 Å². The van der Waals surface area contributed by atoms with Gasteiger partial charge in [-0.15, -0.1) is 0 Å². The zero-order chi connectivity index (χ0) is 37.3. The summed E-state index contributed by atoms with van der Waals surface area (Å²) in [7, 11) is 0.